The number of anilines is 1. The number of nitrogens with zero attached hydrogens (tertiary/aromatic N) is 5. The molecule has 2 aromatic rings. The monoisotopic (exact) mass is 475 g/mol. The quantitative estimate of drug-likeness (QED) is 0.614. The van der Waals surface area contributed by atoms with Crippen molar-refractivity contribution in [2.75, 3.05) is 44.2 Å². The van der Waals surface area contributed by atoms with Crippen LogP contribution in [0.25, 0.3) is 10.2 Å². The molecular weight excluding hydrogens is 442 g/mol. The van der Waals surface area contributed by atoms with E-state index in [2.05, 4.69) is 16.7 Å². The van der Waals surface area contributed by atoms with Crippen LogP contribution in [0.4, 0.5) is 5.82 Å². The first-order valence-corrected chi connectivity index (χ1v) is 13.5. The Balaban J connectivity index is 1.51. The van der Waals surface area contributed by atoms with E-state index in [0.29, 0.717) is 19.0 Å². The number of hydrogen-bond donors (Lipinski definition) is 0. The molecule has 0 radical (unpaired) electrons. The van der Waals surface area contributed by atoms with Crippen molar-refractivity contribution in [1.82, 2.24) is 19.8 Å². The van der Waals surface area contributed by atoms with Crippen LogP contribution in [0.15, 0.2) is 0 Å². The lowest BCUT2D eigenvalue weighted by Crippen LogP contribution is -2.50. The van der Waals surface area contributed by atoms with Crippen molar-refractivity contribution in [3.8, 4) is 0 Å². The smallest absolute Gasteiger partial charge is 0.240 e. The van der Waals surface area contributed by atoms with E-state index in [4.69, 9.17) is 21.6 Å². The van der Waals surface area contributed by atoms with Crippen LogP contribution in [0, 0.1) is 0 Å². The molecule has 0 aromatic carbocycles. The number of thiophene rings is 1. The molecule has 4 heterocycles. The first-order valence-electron chi connectivity index (χ1n) is 12.3. The Hall–Kier alpha value is -1.44. The summed E-state index contributed by atoms with van der Waals surface area (Å²) in [5, 5.41) is 0.821. The van der Waals surface area contributed by atoms with Gasteiger partial charge in [0.15, 0.2) is 0 Å². The van der Waals surface area contributed by atoms with Crippen molar-refractivity contribution in [1.29, 1.82) is 0 Å². The molecule has 1 amide bonds. The zero-order chi connectivity index (χ0) is 22.2. The number of aromatic nitrogens is 2. The number of halogens is 1. The van der Waals surface area contributed by atoms with E-state index in [1.807, 2.05) is 16.2 Å². The molecule has 1 saturated heterocycles. The van der Waals surface area contributed by atoms with Crippen molar-refractivity contribution in [3.05, 3.63) is 16.3 Å². The highest BCUT2D eigenvalue weighted by molar-refractivity contribution is 7.19. The summed E-state index contributed by atoms with van der Waals surface area (Å²) < 4.78 is 0. The average Bonchev–Trinajstić information content (AvgIpc) is 3.21. The lowest BCUT2D eigenvalue weighted by Gasteiger charge is -2.36. The van der Waals surface area contributed by atoms with E-state index < -0.39 is 5.38 Å². The first-order chi connectivity index (χ1) is 15.5. The van der Waals surface area contributed by atoms with Gasteiger partial charge in [-0.2, -0.15) is 0 Å². The highest BCUT2D eigenvalue weighted by atomic mass is 35.5. The summed E-state index contributed by atoms with van der Waals surface area (Å²) >= 11 is 7.94. The van der Waals surface area contributed by atoms with Gasteiger partial charge < -0.3 is 9.80 Å². The van der Waals surface area contributed by atoms with Crippen molar-refractivity contribution in [2.45, 2.75) is 70.2 Å². The summed E-state index contributed by atoms with van der Waals surface area (Å²) in [6.07, 6.45) is 7.38. The largest absolute Gasteiger partial charge is 0.352 e. The molecular formula is C24H34ClN5OS. The van der Waals surface area contributed by atoms with E-state index in [9.17, 15) is 4.79 Å². The Bertz CT molecular complexity index is 978. The first kappa shape index (κ1) is 22.4. The Morgan fingerprint density at radius 3 is 2.56 bits per heavy atom. The van der Waals surface area contributed by atoms with Gasteiger partial charge >= 0.3 is 0 Å². The van der Waals surface area contributed by atoms with Gasteiger partial charge in [0.1, 0.15) is 21.8 Å². The third kappa shape index (κ3) is 4.24. The molecule has 1 aliphatic carbocycles. The summed E-state index contributed by atoms with van der Waals surface area (Å²) in [4.78, 5) is 32.2. The molecule has 2 fully saturated rings. The van der Waals surface area contributed by atoms with E-state index in [0.717, 1.165) is 50.8 Å². The molecule has 1 atom stereocenters. The van der Waals surface area contributed by atoms with Crippen molar-refractivity contribution in [2.24, 2.45) is 0 Å². The molecule has 0 bridgehead atoms. The maximum Gasteiger partial charge on any atom is 0.240 e. The Labute approximate surface area is 199 Å². The molecule has 3 aliphatic rings. The second-order valence-corrected chi connectivity index (χ2v) is 11.2. The standard InChI is InChI=1S/C24H34ClN5OS/c1-3-28-10-9-18-19(15-28)32-23-20(18)22(26-21(27-23)17-7-5-4-6-8-17)29-11-13-30(14-12-29)24(31)16(2)25/h16-17H,3-15H2,1-2H3. The Morgan fingerprint density at radius 2 is 1.88 bits per heavy atom. The van der Waals surface area contributed by atoms with Crippen LogP contribution in [-0.2, 0) is 17.8 Å². The zero-order valence-corrected chi connectivity index (χ0v) is 20.9. The second kappa shape index (κ2) is 9.43. The summed E-state index contributed by atoms with van der Waals surface area (Å²) in [5.41, 5.74) is 1.47. The summed E-state index contributed by atoms with van der Waals surface area (Å²) in [6.45, 7) is 10.2. The number of fused-ring (bicyclic) bond motifs is 3. The summed E-state index contributed by atoms with van der Waals surface area (Å²) in [6, 6.07) is 0. The molecule has 0 spiro atoms. The third-order valence-corrected chi connectivity index (χ3v) is 8.72. The SMILES string of the molecule is CCN1CCc2c(sc3nc(C4CCCCC4)nc(N4CCN(C(=O)C(C)Cl)CC4)c23)C1. The fraction of sp³-hybridized carbons (Fsp3) is 0.708. The topological polar surface area (TPSA) is 52.6 Å². The number of amides is 1. The van der Waals surface area contributed by atoms with Gasteiger partial charge in [0.25, 0.3) is 0 Å². The van der Waals surface area contributed by atoms with Crippen LogP contribution in [0.5, 0.6) is 0 Å². The van der Waals surface area contributed by atoms with E-state index in [1.165, 1.54) is 52.8 Å². The van der Waals surface area contributed by atoms with Crippen LogP contribution in [0.1, 0.15) is 68.1 Å². The molecule has 0 N–H and O–H groups in total. The fourth-order valence-corrected chi connectivity index (χ4v) is 6.88. The second-order valence-electron chi connectivity index (χ2n) is 9.47. The molecule has 32 heavy (non-hydrogen) atoms. The van der Waals surface area contributed by atoms with E-state index >= 15 is 0 Å². The molecule has 1 unspecified atom stereocenters. The van der Waals surface area contributed by atoms with E-state index in [1.54, 1.807) is 6.92 Å². The van der Waals surface area contributed by atoms with Crippen LogP contribution in [0.2, 0.25) is 0 Å². The van der Waals surface area contributed by atoms with E-state index in [-0.39, 0.29) is 5.91 Å². The number of piperazine rings is 1. The van der Waals surface area contributed by atoms with Crippen LogP contribution in [-0.4, -0.2) is 70.3 Å². The van der Waals surface area contributed by atoms with Gasteiger partial charge in [-0.05, 0) is 38.3 Å². The predicted molar refractivity (Wildman–Crippen MR) is 132 cm³/mol. The lowest BCUT2D eigenvalue weighted by molar-refractivity contribution is -0.130. The number of alkyl halides is 1. The molecule has 6 nitrogen and oxygen atoms in total. The molecule has 8 heteroatoms. The average molecular weight is 476 g/mol. The molecule has 1 saturated carbocycles. The summed E-state index contributed by atoms with van der Waals surface area (Å²) in [7, 11) is 0. The van der Waals surface area contributed by atoms with Gasteiger partial charge in [-0.3, -0.25) is 9.69 Å². The minimum atomic E-state index is -0.462. The number of rotatable bonds is 4. The van der Waals surface area contributed by atoms with Crippen molar-refractivity contribution < 1.29 is 4.79 Å². The minimum Gasteiger partial charge on any atom is -0.352 e. The van der Waals surface area contributed by atoms with Gasteiger partial charge in [-0.25, -0.2) is 9.97 Å². The Morgan fingerprint density at radius 1 is 1.12 bits per heavy atom. The van der Waals surface area contributed by atoms with Crippen LogP contribution < -0.4 is 4.90 Å². The third-order valence-electron chi connectivity index (χ3n) is 7.43. The predicted octanol–water partition coefficient (Wildman–Crippen LogP) is 4.39. The maximum atomic E-state index is 12.4. The van der Waals surface area contributed by atoms with Crippen molar-refractivity contribution in [3.63, 3.8) is 0 Å². The normalized spacial score (nSPS) is 21.7. The number of carbonyl (C=O) groups is 1. The van der Waals surface area contributed by atoms with Gasteiger partial charge in [0.05, 0.1) is 5.39 Å². The van der Waals surface area contributed by atoms with Gasteiger partial charge in [0.2, 0.25) is 5.91 Å². The number of likely N-dealkylation sites (N-methyl/N-ethyl adjacent to an activating group) is 1. The highest BCUT2D eigenvalue weighted by Crippen LogP contribution is 2.41. The van der Waals surface area contributed by atoms with Crippen molar-refractivity contribution >= 4 is 44.9 Å². The molecule has 2 aromatic heterocycles. The zero-order valence-electron chi connectivity index (χ0n) is 19.3. The maximum absolute atomic E-state index is 12.4. The number of hydrogen-bond acceptors (Lipinski definition) is 6. The summed E-state index contributed by atoms with van der Waals surface area (Å²) in [5.74, 6) is 2.68. The molecule has 5 rings (SSSR count). The highest BCUT2D eigenvalue weighted by Gasteiger charge is 2.30. The van der Waals surface area contributed by atoms with Crippen LogP contribution in [0.3, 0.4) is 0 Å². The molecule has 174 valence electrons. The minimum absolute atomic E-state index is 0.0367. The Kier molecular flexibility index (Phi) is 6.59. The number of carbonyl (C=O) groups excluding carboxylic acids is 1. The van der Waals surface area contributed by atoms with Crippen LogP contribution >= 0.6 is 22.9 Å². The van der Waals surface area contributed by atoms with Gasteiger partial charge in [-0.15, -0.1) is 22.9 Å². The van der Waals surface area contributed by atoms with Gasteiger partial charge in [0, 0.05) is 50.1 Å². The lowest BCUT2D eigenvalue weighted by atomic mass is 9.88. The van der Waals surface area contributed by atoms with Gasteiger partial charge in [-0.1, -0.05) is 26.2 Å². The fourth-order valence-electron chi connectivity index (χ4n) is 5.48. The molecule has 2 aliphatic heterocycles.